The first-order chi connectivity index (χ1) is 24.0. The average molecular weight is 779 g/mol. The van der Waals surface area contributed by atoms with E-state index in [1.807, 2.05) is 0 Å². The molecule has 0 bridgehead atoms. The summed E-state index contributed by atoms with van der Waals surface area (Å²) in [6.07, 6.45) is -5.16. The van der Waals surface area contributed by atoms with Gasteiger partial charge in [0.1, 0.15) is 0 Å². The second-order valence-electron chi connectivity index (χ2n) is 11.2. The van der Waals surface area contributed by atoms with E-state index < -0.39 is 72.8 Å². The molecule has 51 heavy (non-hydrogen) atoms. The van der Waals surface area contributed by atoms with Gasteiger partial charge in [0, 0.05) is 40.8 Å². The summed E-state index contributed by atoms with van der Waals surface area (Å²) >= 11 is 2.88. The lowest BCUT2D eigenvalue weighted by Gasteiger charge is -2.34. The molecule has 0 spiro atoms. The van der Waals surface area contributed by atoms with Gasteiger partial charge in [-0.3, -0.25) is 24.0 Å². The van der Waals surface area contributed by atoms with Crippen molar-refractivity contribution in [1.82, 2.24) is 19.4 Å². The van der Waals surface area contributed by atoms with E-state index in [1.54, 1.807) is 6.92 Å². The molecule has 18 heteroatoms. The van der Waals surface area contributed by atoms with Gasteiger partial charge in [0.15, 0.2) is 0 Å². The van der Waals surface area contributed by atoms with Crippen LogP contribution in [0.1, 0.15) is 57.3 Å². The van der Waals surface area contributed by atoms with Crippen LogP contribution < -0.4 is 10.9 Å². The van der Waals surface area contributed by atoms with E-state index in [4.69, 9.17) is 9.84 Å². The third-order valence-corrected chi connectivity index (χ3v) is 8.39. The molecule has 1 aromatic heterocycles. The fraction of sp³-hybridized carbons (Fsp3) is 0.303. The summed E-state index contributed by atoms with van der Waals surface area (Å²) in [6.45, 7) is 4.53. The molecule has 1 aliphatic rings. The molecular formula is C33H31BrF3N5O9. The lowest BCUT2D eigenvalue weighted by Crippen LogP contribution is -2.46. The predicted octanol–water partition coefficient (Wildman–Crippen LogP) is 4.77. The van der Waals surface area contributed by atoms with E-state index in [9.17, 15) is 41.9 Å². The summed E-state index contributed by atoms with van der Waals surface area (Å²) in [5.41, 5.74) is -0.798. The SMILES string of the molecule is C=CCNc1nc2c(c(=O)n1-c1ccc(C(=O)N(C)C(=O)OCOC(=O)CCC(=O)O)cc1)C[C@@H](C)N(C(=O)c1ccc(Br)c(C(F)(F)F)c1)C2. The fourth-order valence-electron chi connectivity index (χ4n) is 5.05. The average Bonchev–Trinajstić information content (AvgIpc) is 3.08. The summed E-state index contributed by atoms with van der Waals surface area (Å²) in [7, 11) is 1.13. The van der Waals surface area contributed by atoms with Gasteiger partial charge >= 0.3 is 24.2 Å². The number of carbonyl (C=O) groups excluding carboxylic acids is 4. The molecule has 14 nitrogen and oxygen atoms in total. The maximum absolute atomic E-state index is 13.9. The van der Waals surface area contributed by atoms with Gasteiger partial charge in [0.2, 0.25) is 12.7 Å². The zero-order valence-corrected chi connectivity index (χ0v) is 28.7. The molecule has 0 fully saturated rings. The van der Waals surface area contributed by atoms with Gasteiger partial charge in [-0.25, -0.2) is 19.2 Å². The standard InChI is InChI=1S/C33H31BrF3N5O9/c1-4-13-38-31-39-25-16-41(29(47)20-7-10-24(34)23(15-20)33(35,36)37)18(2)14-22(25)30(48)42(31)21-8-5-19(6-9-21)28(46)40(3)32(49)51-17-50-27(45)12-11-26(43)44/h4-10,15,18H,1,11-14,16-17H2,2-3H3,(H,38,39)(H,43,44)/t18-/m1/s1. The third-order valence-electron chi connectivity index (χ3n) is 7.69. The number of carbonyl (C=O) groups is 5. The maximum atomic E-state index is 13.9. The molecule has 2 N–H and O–H groups in total. The number of anilines is 1. The van der Waals surface area contributed by atoms with Gasteiger partial charge in [0.05, 0.1) is 36.3 Å². The van der Waals surface area contributed by atoms with Crippen LogP contribution in [0, 0.1) is 0 Å². The lowest BCUT2D eigenvalue weighted by molar-refractivity contribution is -0.154. The highest BCUT2D eigenvalue weighted by Gasteiger charge is 2.36. The number of esters is 1. The van der Waals surface area contributed by atoms with E-state index in [-0.39, 0.29) is 58.0 Å². The number of alkyl halides is 3. The largest absolute Gasteiger partial charge is 0.481 e. The summed E-state index contributed by atoms with van der Waals surface area (Å²) in [5.74, 6) is -3.51. The Hall–Kier alpha value is -5.52. The Labute approximate surface area is 296 Å². The van der Waals surface area contributed by atoms with Crippen molar-refractivity contribution in [3.63, 3.8) is 0 Å². The number of nitrogens with one attached hydrogen (secondary N) is 1. The van der Waals surface area contributed by atoms with Gasteiger partial charge in [-0.05, 0) is 55.8 Å². The number of hydrogen-bond acceptors (Lipinski definition) is 10. The Bertz CT molecular complexity index is 1930. The number of carboxylic acids is 1. The van der Waals surface area contributed by atoms with E-state index in [0.717, 1.165) is 19.2 Å². The van der Waals surface area contributed by atoms with Crippen molar-refractivity contribution in [1.29, 1.82) is 0 Å². The summed E-state index contributed by atoms with van der Waals surface area (Å²) in [5, 5.41) is 11.6. The Morgan fingerprint density at radius 3 is 2.39 bits per heavy atom. The quantitative estimate of drug-likeness (QED) is 0.156. The van der Waals surface area contributed by atoms with Crippen LogP contribution in [0.5, 0.6) is 0 Å². The topological polar surface area (TPSA) is 177 Å². The number of amides is 3. The van der Waals surface area contributed by atoms with Gasteiger partial charge in [0.25, 0.3) is 17.4 Å². The van der Waals surface area contributed by atoms with Crippen molar-refractivity contribution >= 4 is 51.7 Å². The van der Waals surface area contributed by atoms with Crippen LogP contribution in [0.2, 0.25) is 0 Å². The van der Waals surface area contributed by atoms with Gasteiger partial charge in [-0.2, -0.15) is 13.2 Å². The maximum Gasteiger partial charge on any atom is 0.419 e. The first kappa shape index (κ1) is 38.3. The minimum absolute atomic E-state index is 0.0284. The van der Waals surface area contributed by atoms with Crippen LogP contribution in [-0.2, 0) is 38.2 Å². The number of carboxylic acid groups (broad SMARTS) is 1. The summed E-state index contributed by atoms with van der Waals surface area (Å²) < 4.78 is 51.0. The number of ether oxygens (including phenoxy) is 2. The fourth-order valence-corrected chi connectivity index (χ4v) is 5.52. The van der Waals surface area contributed by atoms with E-state index >= 15 is 0 Å². The van der Waals surface area contributed by atoms with Crippen molar-refractivity contribution < 1.29 is 51.7 Å². The first-order valence-corrected chi connectivity index (χ1v) is 15.9. The van der Waals surface area contributed by atoms with Gasteiger partial charge < -0.3 is 24.8 Å². The number of benzene rings is 2. The number of aromatic nitrogens is 2. The highest BCUT2D eigenvalue weighted by atomic mass is 79.9. The van der Waals surface area contributed by atoms with Crippen LogP contribution >= 0.6 is 15.9 Å². The van der Waals surface area contributed by atoms with Crippen LogP contribution in [0.25, 0.3) is 5.69 Å². The molecule has 1 aliphatic heterocycles. The normalized spacial score (nSPS) is 13.8. The molecule has 270 valence electrons. The number of fused-ring (bicyclic) bond motifs is 1. The van der Waals surface area contributed by atoms with E-state index in [1.165, 1.54) is 45.9 Å². The number of hydrogen-bond donors (Lipinski definition) is 2. The molecule has 1 atom stereocenters. The molecule has 0 saturated carbocycles. The van der Waals surface area contributed by atoms with Crippen molar-refractivity contribution in [2.24, 2.45) is 0 Å². The number of aliphatic carboxylic acids is 1. The molecule has 2 heterocycles. The monoisotopic (exact) mass is 777 g/mol. The summed E-state index contributed by atoms with van der Waals surface area (Å²) in [4.78, 5) is 81.3. The second-order valence-corrected chi connectivity index (χ2v) is 12.1. The minimum atomic E-state index is -4.69. The third kappa shape index (κ3) is 8.99. The number of nitrogens with zero attached hydrogens (tertiary/aromatic N) is 4. The Balaban J connectivity index is 1.55. The molecule has 0 aliphatic carbocycles. The van der Waals surface area contributed by atoms with Crippen LogP contribution in [0.15, 0.2) is 64.4 Å². The van der Waals surface area contributed by atoms with E-state index in [0.29, 0.717) is 4.90 Å². The van der Waals surface area contributed by atoms with Crippen molar-refractivity contribution in [2.75, 3.05) is 25.7 Å². The second kappa shape index (κ2) is 16.0. The van der Waals surface area contributed by atoms with Crippen LogP contribution in [-0.4, -0.2) is 80.7 Å². The Kier molecular flexibility index (Phi) is 12.0. The van der Waals surface area contributed by atoms with Gasteiger partial charge in [-0.1, -0.05) is 22.0 Å². The first-order valence-electron chi connectivity index (χ1n) is 15.1. The zero-order chi connectivity index (χ0) is 37.6. The summed E-state index contributed by atoms with van der Waals surface area (Å²) in [6, 6.07) is 8.23. The molecule has 2 aromatic carbocycles. The van der Waals surface area contributed by atoms with Crippen LogP contribution in [0.4, 0.5) is 23.9 Å². The molecule has 0 saturated heterocycles. The van der Waals surface area contributed by atoms with Crippen LogP contribution in [0.3, 0.4) is 0 Å². The minimum Gasteiger partial charge on any atom is -0.481 e. The molecule has 3 aromatic rings. The molecule has 3 amide bonds. The molecular weight excluding hydrogens is 747 g/mol. The molecule has 4 rings (SSSR count). The number of imide groups is 1. The lowest BCUT2D eigenvalue weighted by atomic mass is 9.98. The van der Waals surface area contributed by atoms with Gasteiger partial charge in [-0.15, -0.1) is 6.58 Å². The van der Waals surface area contributed by atoms with Crippen molar-refractivity contribution in [2.45, 2.75) is 44.9 Å². The molecule has 0 unspecified atom stereocenters. The molecule has 0 radical (unpaired) electrons. The predicted molar refractivity (Wildman–Crippen MR) is 177 cm³/mol. The Morgan fingerprint density at radius 1 is 1.10 bits per heavy atom. The van der Waals surface area contributed by atoms with Crippen molar-refractivity contribution in [3.8, 4) is 5.69 Å². The zero-order valence-electron chi connectivity index (χ0n) is 27.2. The Morgan fingerprint density at radius 2 is 1.76 bits per heavy atom. The smallest absolute Gasteiger partial charge is 0.419 e. The highest BCUT2D eigenvalue weighted by Crippen LogP contribution is 2.36. The van der Waals surface area contributed by atoms with Crippen molar-refractivity contribution in [3.05, 3.63) is 97.9 Å². The van der Waals surface area contributed by atoms with E-state index in [2.05, 4.69) is 37.5 Å². The number of halogens is 4. The number of rotatable bonds is 11. The highest BCUT2D eigenvalue weighted by molar-refractivity contribution is 9.10.